The average molecular weight is 1080 g/mol. The van der Waals surface area contributed by atoms with Crippen molar-refractivity contribution in [3.05, 3.63) is 80.2 Å². The van der Waals surface area contributed by atoms with Crippen molar-refractivity contribution in [1.29, 1.82) is 0 Å². The molecule has 8 rings (SSSR count). The van der Waals surface area contributed by atoms with Crippen LogP contribution in [-0.2, 0) is 12.8 Å². The summed E-state index contributed by atoms with van der Waals surface area (Å²) in [7, 11) is 0. The number of aryl methyl sites for hydroxylation is 2. The molecule has 2 unspecified atom stereocenters. The predicted octanol–water partition coefficient (Wildman–Crippen LogP) is 22.7. The highest BCUT2D eigenvalue weighted by molar-refractivity contribution is 7.24. The summed E-state index contributed by atoms with van der Waals surface area (Å²) in [6.07, 6.45) is 34.7. The Morgan fingerprint density at radius 3 is 1.12 bits per heavy atom. The number of rotatable bonds is 33. The third kappa shape index (κ3) is 14.8. The third-order valence-electron chi connectivity index (χ3n) is 14.8. The molecule has 0 aliphatic carbocycles. The highest BCUT2D eigenvalue weighted by Crippen LogP contribution is 2.49. The topological polar surface area (TPSA) is 51.6 Å². The molecule has 0 spiro atoms. The molecule has 0 saturated heterocycles. The average Bonchev–Trinajstić information content (AvgIpc) is 4.26. The van der Waals surface area contributed by atoms with E-state index in [0.717, 1.165) is 69.3 Å². The van der Waals surface area contributed by atoms with Gasteiger partial charge in [0.2, 0.25) is 0 Å². The highest BCUT2D eigenvalue weighted by atomic mass is 32.1. The number of benzene rings is 1. The summed E-state index contributed by atoms with van der Waals surface area (Å²) in [5.41, 5.74) is 7.87. The standard InChI is InChI=1S/C62H82N4S6/c1-7-11-15-19-21-25-29-45(27-23-17-13-9-3)41-47-33-37-53(69-47)57-58(54-38-34-48(70-54)42-46(28-24-18-14-10-4)30-26-22-20-16-12-8-2)64-60-56(52-40-39-50(71-52)49-35-31-43(5)67-49)62-61(65-72-66-62)55(59(60)63-57)51-36-32-44(6)68-51/h31-40,45-46H,7-30,41-42H2,1-6H3. The van der Waals surface area contributed by atoms with Crippen molar-refractivity contribution in [2.24, 2.45) is 11.8 Å². The van der Waals surface area contributed by atoms with Gasteiger partial charge in [0.25, 0.3) is 0 Å². The summed E-state index contributed by atoms with van der Waals surface area (Å²) in [6, 6.07) is 23.2. The van der Waals surface area contributed by atoms with Crippen molar-refractivity contribution in [1.82, 2.24) is 18.7 Å². The molecule has 4 nitrogen and oxygen atoms in total. The Labute approximate surface area is 457 Å². The van der Waals surface area contributed by atoms with E-state index in [4.69, 9.17) is 18.7 Å². The van der Waals surface area contributed by atoms with Crippen molar-refractivity contribution >= 4 is 90.5 Å². The summed E-state index contributed by atoms with van der Waals surface area (Å²) in [5, 5.41) is 0. The summed E-state index contributed by atoms with van der Waals surface area (Å²) in [6.45, 7) is 13.7. The van der Waals surface area contributed by atoms with Gasteiger partial charge >= 0.3 is 0 Å². The summed E-state index contributed by atoms with van der Waals surface area (Å²) >= 11 is 10.8. The van der Waals surface area contributed by atoms with Gasteiger partial charge in [-0.3, -0.25) is 0 Å². The molecule has 72 heavy (non-hydrogen) atoms. The van der Waals surface area contributed by atoms with Crippen molar-refractivity contribution < 1.29 is 0 Å². The Balaban J connectivity index is 1.22. The van der Waals surface area contributed by atoms with E-state index < -0.39 is 0 Å². The van der Waals surface area contributed by atoms with Crippen LogP contribution in [0, 0.1) is 25.7 Å². The Bertz CT molecular complexity index is 2850. The van der Waals surface area contributed by atoms with E-state index in [0.29, 0.717) is 0 Å². The second kappa shape index (κ2) is 28.7. The minimum atomic E-state index is 0.724. The quantitative estimate of drug-likeness (QED) is 0.0385. The Morgan fingerprint density at radius 1 is 0.347 bits per heavy atom. The second-order valence-electron chi connectivity index (χ2n) is 20.8. The van der Waals surface area contributed by atoms with Crippen molar-refractivity contribution in [2.75, 3.05) is 0 Å². The highest BCUT2D eigenvalue weighted by Gasteiger charge is 2.28. The zero-order chi connectivity index (χ0) is 50.1. The predicted molar refractivity (Wildman–Crippen MR) is 324 cm³/mol. The van der Waals surface area contributed by atoms with Crippen LogP contribution in [0.1, 0.15) is 201 Å². The maximum atomic E-state index is 5.96. The Kier molecular flexibility index (Phi) is 22.0. The first-order valence-electron chi connectivity index (χ1n) is 28.3. The summed E-state index contributed by atoms with van der Waals surface area (Å²) < 4.78 is 10.2. The minimum Gasteiger partial charge on any atom is -0.242 e. The minimum absolute atomic E-state index is 0.724. The van der Waals surface area contributed by atoms with Gasteiger partial charge in [0, 0.05) is 50.1 Å². The normalized spacial score (nSPS) is 12.8. The van der Waals surface area contributed by atoms with Gasteiger partial charge in [-0.15, -0.1) is 56.7 Å². The molecule has 0 saturated carbocycles. The molecule has 0 N–H and O–H groups in total. The van der Waals surface area contributed by atoms with Gasteiger partial charge in [-0.25, -0.2) is 9.97 Å². The number of hydrogen-bond donors (Lipinski definition) is 0. The maximum Gasteiger partial charge on any atom is 0.116 e. The van der Waals surface area contributed by atoms with Gasteiger partial charge in [0.1, 0.15) is 33.5 Å². The monoisotopic (exact) mass is 1070 g/mol. The maximum absolute atomic E-state index is 5.96. The number of fused-ring (bicyclic) bond motifs is 2. The molecule has 8 aromatic rings. The number of unbranched alkanes of at least 4 members (excludes halogenated alkanes) is 16. The lowest BCUT2D eigenvalue weighted by molar-refractivity contribution is 0.404. The smallest absolute Gasteiger partial charge is 0.116 e. The van der Waals surface area contributed by atoms with E-state index in [1.165, 1.54) is 215 Å². The molecule has 10 heteroatoms. The van der Waals surface area contributed by atoms with Crippen LogP contribution in [0.4, 0.5) is 0 Å². The first-order valence-corrected chi connectivity index (χ1v) is 33.1. The molecule has 0 bridgehead atoms. The molecule has 0 aliphatic heterocycles. The molecule has 2 atom stereocenters. The molecule has 0 radical (unpaired) electrons. The molecule has 7 heterocycles. The van der Waals surface area contributed by atoms with E-state index >= 15 is 0 Å². The lowest BCUT2D eigenvalue weighted by Gasteiger charge is -2.16. The molecule has 0 amide bonds. The van der Waals surface area contributed by atoms with Crippen molar-refractivity contribution in [3.63, 3.8) is 0 Å². The number of hydrogen-bond acceptors (Lipinski definition) is 10. The van der Waals surface area contributed by atoms with Crippen LogP contribution in [0.5, 0.6) is 0 Å². The Hall–Kier alpha value is -3.12. The molecular formula is C62H82N4S6. The van der Waals surface area contributed by atoms with E-state index in [9.17, 15) is 0 Å². The largest absolute Gasteiger partial charge is 0.242 e. The van der Waals surface area contributed by atoms with Gasteiger partial charge in [-0.2, -0.15) is 8.75 Å². The second-order valence-corrected chi connectivity index (χ2v) is 27.3. The van der Waals surface area contributed by atoms with Crippen LogP contribution in [0.25, 0.3) is 73.8 Å². The molecule has 0 fully saturated rings. The molecule has 386 valence electrons. The van der Waals surface area contributed by atoms with E-state index in [-0.39, 0.29) is 0 Å². The van der Waals surface area contributed by atoms with E-state index in [1.807, 2.05) is 56.7 Å². The van der Waals surface area contributed by atoms with Crippen LogP contribution in [-0.4, -0.2) is 18.7 Å². The van der Waals surface area contributed by atoms with Crippen LogP contribution in [0.2, 0.25) is 0 Å². The van der Waals surface area contributed by atoms with Gasteiger partial charge in [-0.1, -0.05) is 182 Å². The van der Waals surface area contributed by atoms with Crippen LogP contribution in [0.3, 0.4) is 0 Å². The first kappa shape index (κ1) is 55.1. The van der Waals surface area contributed by atoms with Gasteiger partial charge < -0.3 is 0 Å². The van der Waals surface area contributed by atoms with Crippen LogP contribution >= 0.6 is 68.4 Å². The molecular weight excluding hydrogens is 993 g/mol. The number of aromatic nitrogens is 4. The van der Waals surface area contributed by atoms with Gasteiger partial charge in [0.15, 0.2) is 0 Å². The Morgan fingerprint density at radius 2 is 0.694 bits per heavy atom. The lowest BCUT2D eigenvalue weighted by atomic mass is 9.91. The molecule has 1 aromatic carbocycles. The van der Waals surface area contributed by atoms with Crippen molar-refractivity contribution in [3.8, 4) is 51.8 Å². The van der Waals surface area contributed by atoms with E-state index in [2.05, 4.69) is 102 Å². The first-order chi connectivity index (χ1) is 35.4. The zero-order valence-corrected chi connectivity index (χ0v) is 49.5. The van der Waals surface area contributed by atoms with Crippen molar-refractivity contribution in [2.45, 2.75) is 208 Å². The van der Waals surface area contributed by atoms with Crippen LogP contribution in [0.15, 0.2) is 60.7 Å². The van der Waals surface area contributed by atoms with Crippen LogP contribution < -0.4 is 0 Å². The fraction of sp³-hybridized carbons (Fsp3) is 0.548. The van der Waals surface area contributed by atoms with Gasteiger partial charge in [0.05, 0.1) is 21.5 Å². The summed E-state index contributed by atoms with van der Waals surface area (Å²) in [4.78, 5) is 24.8. The van der Waals surface area contributed by atoms with E-state index in [1.54, 1.807) is 0 Å². The molecule has 7 aromatic heterocycles. The zero-order valence-electron chi connectivity index (χ0n) is 44.6. The number of thiophene rings is 5. The van der Waals surface area contributed by atoms with Gasteiger partial charge in [-0.05, 0) is 99.2 Å². The fourth-order valence-electron chi connectivity index (χ4n) is 10.7. The molecule has 0 aliphatic rings. The third-order valence-corrected chi connectivity index (χ3v) is 20.9. The SMILES string of the molecule is CCCCCCCCC(CCCCCC)Cc1ccc(-c2nc3c(-c4ccc(C)s4)c4nsnc4c(-c4ccc(-c5ccc(C)s5)s4)c3nc2-c2ccc(CC(CCCCCC)CCCCCCCC)s2)s1. The fourth-order valence-corrected chi connectivity index (χ4v) is 16.4. The summed E-state index contributed by atoms with van der Waals surface area (Å²) in [5.74, 6) is 1.45. The number of nitrogens with zero attached hydrogens (tertiary/aromatic N) is 4. The lowest BCUT2D eigenvalue weighted by Crippen LogP contribution is -2.04.